The molecule has 0 spiro atoms. The van der Waals surface area contributed by atoms with Gasteiger partial charge in [-0.05, 0) is 13.0 Å². The van der Waals surface area contributed by atoms with Crippen molar-refractivity contribution in [2.45, 2.75) is 18.8 Å². The second-order valence-electron chi connectivity index (χ2n) is 3.86. The Hall–Kier alpha value is -1.62. The summed E-state index contributed by atoms with van der Waals surface area (Å²) in [5.41, 5.74) is 0.376. The van der Waals surface area contributed by atoms with Crippen LogP contribution in [0, 0.1) is 5.82 Å². The molecule has 0 fully saturated rings. The Bertz CT molecular complexity index is 451. The van der Waals surface area contributed by atoms with Gasteiger partial charge in [-0.25, -0.2) is 9.18 Å². The van der Waals surface area contributed by atoms with Gasteiger partial charge >= 0.3 is 6.03 Å². The van der Waals surface area contributed by atoms with Crippen molar-refractivity contribution in [2.75, 3.05) is 7.05 Å². The van der Waals surface area contributed by atoms with Crippen molar-refractivity contribution in [3.63, 3.8) is 0 Å². The lowest BCUT2D eigenvalue weighted by Gasteiger charge is -2.18. The third-order valence-electron chi connectivity index (χ3n) is 2.30. The van der Waals surface area contributed by atoms with Gasteiger partial charge in [-0.15, -0.1) is 11.6 Å². The predicted octanol–water partition coefficient (Wildman–Crippen LogP) is 2.12. The van der Waals surface area contributed by atoms with E-state index >= 15 is 0 Å². The van der Waals surface area contributed by atoms with Crippen LogP contribution in [0.15, 0.2) is 24.3 Å². The number of hydrogen-bond donors (Lipinski definition) is 1. The summed E-state index contributed by atoms with van der Waals surface area (Å²) in [6, 6.07) is 5.52. The van der Waals surface area contributed by atoms with Crippen LogP contribution in [0.3, 0.4) is 0 Å². The van der Waals surface area contributed by atoms with Crippen LogP contribution in [0.25, 0.3) is 0 Å². The summed E-state index contributed by atoms with van der Waals surface area (Å²) in [4.78, 5) is 24.0. The van der Waals surface area contributed by atoms with Gasteiger partial charge in [-0.3, -0.25) is 10.1 Å². The maximum absolute atomic E-state index is 13.4. The Morgan fingerprint density at radius 2 is 2.06 bits per heavy atom. The van der Waals surface area contributed by atoms with Gasteiger partial charge in [0.05, 0.1) is 0 Å². The third kappa shape index (κ3) is 4.00. The van der Waals surface area contributed by atoms with Gasteiger partial charge in [0.15, 0.2) is 0 Å². The summed E-state index contributed by atoms with van der Waals surface area (Å²) in [5, 5.41) is 1.32. The zero-order chi connectivity index (χ0) is 13.7. The molecule has 1 unspecified atom stereocenters. The van der Waals surface area contributed by atoms with Crippen LogP contribution in [0.2, 0.25) is 0 Å². The van der Waals surface area contributed by atoms with E-state index in [1.807, 2.05) is 0 Å². The number of halogens is 2. The number of urea groups is 1. The molecule has 3 amide bonds. The Labute approximate surface area is 110 Å². The first-order chi connectivity index (χ1) is 8.41. The second kappa shape index (κ2) is 6.35. The van der Waals surface area contributed by atoms with Gasteiger partial charge in [0, 0.05) is 19.2 Å². The van der Waals surface area contributed by atoms with Crippen molar-refractivity contribution in [3.8, 4) is 0 Å². The molecule has 6 heteroatoms. The van der Waals surface area contributed by atoms with E-state index in [0.717, 1.165) is 0 Å². The Morgan fingerprint density at radius 1 is 1.44 bits per heavy atom. The molecule has 98 valence electrons. The molecule has 0 aliphatic heterocycles. The number of carbonyl (C=O) groups excluding carboxylic acids is 2. The Morgan fingerprint density at radius 3 is 2.61 bits per heavy atom. The highest BCUT2D eigenvalue weighted by molar-refractivity contribution is 6.31. The fraction of sp³-hybridized carbons (Fsp3) is 0.333. The summed E-state index contributed by atoms with van der Waals surface area (Å²) < 4.78 is 13.4. The molecule has 0 aliphatic carbocycles. The molecule has 0 bridgehead atoms. The number of alkyl halides is 1. The molecular formula is C12H14ClFN2O2. The number of benzene rings is 1. The van der Waals surface area contributed by atoms with E-state index in [4.69, 9.17) is 11.6 Å². The minimum absolute atomic E-state index is 0.0719. The number of hydrogen-bond acceptors (Lipinski definition) is 2. The van der Waals surface area contributed by atoms with E-state index in [1.165, 1.54) is 24.9 Å². The summed E-state index contributed by atoms with van der Waals surface area (Å²) >= 11 is 5.52. The Balaban J connectivity index is 2.61. The average Bonchev–Trinajstić information content (AvgIpc) is 2.31. The van der Waals surface area contributed by atoms with E-state index < -0.39 is 23.1 Å². The SMILES string of the molecule is CC(Cl)C(=O)NC(=O)N(C)Cc1ccccc1F. The highest BCUT2D eigenvalue weighted by Gasteiger charge is 2.17. The normalized spacial score (nSPS) is 11.8. The minimum atomic E-state index is -0.796. The van der Waals surface area contributed by atoms with Crippen molar-refractivity contribution >= 4 is 23.5 Å². The molecule has 1 atom stereocenters. The van der Waals surface area contributed by atoms with Crippen LogP contribution in [0.4, 0.5) is 9.18 Å². The van der Waals surface area contributed by atoms with Crippen molar-refractivity contribution in [3.05, 3.63) is 35.6 Å². The number of carbonyl (C=O) groups is 2. The lowest BCUT2D eigenvalue weighted by molar-refractivity contribution is -0.119. The standard InChI is InChI=1S/C12H14ClFN2O2/c1-8(13)11(17)15-12(18)16(2)7-9-5-3-4-6-10(9)14/h3-6,8H,7H2,1-2H3,(H,15,17,18). The lowest BCUT2D eigenvalue weighted by Crippen LogP contribution is -2.42. The van der Waals surface area contributed by atoms with Crippen molar-refractivity contribution in [2.24, 2.45) is 0 Å². The molecule has 1 aromatic carbocycles. The quantitative estimate of drug-likeness (QED) is 0.857. The van der Waals surface area contributed by atoms with Gasteiger partial charge in [0.2, 0.25) is 5.91 Å². The minimum Gasteiger partial charge on any atom is -0.323 e. The Kier molecular flexibility index (Phi) is 5.09. The van der Waals surface area contributed by atoms with Crippen molar-refractivity contribution < 1.29 is 14.0 Å². The van der Waals surface area contributed by atoms with Crippen LogP contribution in [-0.2, 0) is 11.3 Å². The fourth-order valence-corrected chi connectivity index (χ4v) is 1.31. The maximum Gasteiger partial charge on any atom is 0.324 e. The molecule has 1 aromatic rings. The molecule has 0 heterocycles. The van der Waals surface area contributed by atoms with Crippen LogP contribution in [-0.4, -0.2) is 29.3 Å². The largest absolute Gasteiger partial charge is 0.324 e. The van der Waals surface area contributed by atoms with Gasteiger partial charge in [0.1, 0.15) is 11.2 Å². The summed E-state index contributed by atoms with van der Waals surface area (Å²) in [5.74, 6) is -0.976. The zero-order valence-corrected chi connectivity index (χ0v) is 10.9. The first kappa shape index (κ1) is 14.4. The molecule has 1 rings (SSSR count). The van der Waals surface area contributed by atoms with Crippen molar-refractivity contribution in [1.29, 1.82) is 0 Å². The second-order valence-corrected chi connectivity index (χ2v) is 4.51. The number of imide groups is 1. The van der Waals surface area contributed by atoms with Gasteiger partial charge in [-0.1, -0.05) is 18.2 Å². The molecule has 18 heavy (non-hydrogen) atoms. The lowest BCUT2D eigenvalue weighted by atomic mass is 10.2. The molecule has 0 radical (unpaired) electrons. The number of nitrogens with zero attached hydrogens (tertiary/aromatic N) is 1. The first-order valence-corrected chi connectivity index (χ1v) is 5.79. The summed E-state index contributed by atoms with van der Waals surface area (Å²) in [6.45, 7) is 1.53. The van der Waals surface area contributed by atoms with Gasteiger partial charge < -0.3 is 4.90 Å². The fourth-order valence-electron chi connectivity index (χ4n) is 1.25. The van der Waals surface area contributed by atoms with E-state index in [1.54, 1.807) is 18.2 Å². The smallest absolute Gasteiger partial charge is 0.323 e. The van der Waals surface area contributed by atoms with Crippen LogP contribution in [0.5, 0.6) is 0 Å². The number of amides is 3. The molecule has 0 aromatic heterocycles. The van der Waals surface area contributed by atoms with Crippen LogP contribution in [0.1, 0.15) is 12.5 Å². The van der Waals surface area contributed by atoms with Crippen LogP contribution < -0.4 is 5.32 Å². The zero-order valence-electron chi connectivity index (χ0n) is 10.1. The average molecular weight is 273 g/mol. The van der Waals surface area contributed by atoms with Crippen LogP contribution >= 0.6 is 11.6 Å². The number of nitrogens with one attached hydrogen (secondary N) is 1. The molecule has 0 aliphatic rings. The maximum atomic E-state index is 13.4. The van der Waals surface area contributed by atoms with Crippen molar-refractivity contribution in [1.82, 2.24) is 10.2 Å². The summed E-state index contributed by atoms with van der Waals surface area (Å²) in [7, 11) is 1.47. The molecular weight excluding hydrogens is 259 g/mol. The van der Waals surface area contributed by atoms with E-state index in [2.05, 4.69) is 5.32 Å². The highest BCUT2D eigenvalue weighted by atomic mass is 35.5. The molecule has 0 saturated heterocycles. The highest BCUT2D eigenvalue weighted by Crippen LogP contribution is 2.08. The molecule has 1 N–H and O–H groups in total. The first-order valence-electron chi connectivity index (χ1n) is 5.35. The van der Waals surface area contributed by atoms with E-state index in [9.17, 15) is 14.0 Å². The molecule has 0 saturated carbocycles. The van der Waals surface area contributed by atoms with Gasteiger partial charge in [0.25, 0.3) is 0 Å². The van der Waals surface area contributed by atoms with Gasteiger partial charge in [-0.2, -0.15) is 0 Å². The number of rotatable bonds is 3. The molecule has 4 nitrogen and oxygen atoms in total. The van der Waals surface area contributed by atoms with E-state index in [0.29, 0.717) is 5.56 Å². The summed E-state index contributed by atoms with van der Waals surface area (Å²) in [6.07, 6.45) is 0. The van der Waals surface area contributed by atoms with E-state index in [-0.39, 0.29) is 6.54 Å². The third-order valence-corrected chi connectivity index (χ3v) is 2.50. The topological polar surface area (TPSA) is 49.4 Å². The predicted molar refractivity (Wildman–Crippen MR) is 66.7 cm³/mol. The monoisotopic (exact) mass is 272 g/mol.